The predicted molar refractivity (Wildman–Crippen MR) is 65.2 cm³/mol. The maximum atomic E-state index is 11.7. The van der Waals surface area contributed by atoms with Gasteiger partial charge in [0, 0.05) is 12.2 Å². The van der Waals surface area contributed by atoms with Crippen molar-refractivity contribution in [3.8, 4) is 0 Å². The molecule has 0 fully saturated rings. The topological polar surface area (TPSA) is 46.5 Å². The third-order valence-electron chi connectivity index (χ3n) is 2.42. The minimum atomic E-state index is -0.218. The van der Waals surface area contributed by atoms with Gasteiger partial charge in [-0.2, -0.15) is 0 Å². The van der Waals surface area contributed by atoms with Crippen molar-refractivity contribution < 1.29 is 14.6 Å². The van der Waals surface area contributed by atoms with Crippen LogP contribution in [0.1, 0.15) is 52.9 Å². The van der Waals surface area contributed by atoms with Crippen molar-refractivity contribution in [2.24, 2.45) is 0 Å². The van der Waals surface area contributed by atoms with Crippen molar-refractivity contribution >= 4 is 5.97 Å². The number of hydrogen-bond donors (Lipinski definition) is 1. The molecular weight excluding hydrogens is 204 g/mol. The molecule has 1 N–H and O–H groups in total. The Morgan fingerprint density at radius 3 is 2.38 bits per heavy atom. The van der Waals surface area contributed by atoms with E-state index in [9.17, 15) is 4.79 Å². The van der Waals surface area contributed by atoms with Gasteiger partial charge < -0.3 is 9.84 Å². The minimum absolute atomic E-state index is 0.111. The molecule has 0 amide bonds. The van der Waals surface area contributed by atoms with E-state index in [0.717, 1.165) is 24.8 Å². The summed E-state index contributed by atoms with van der Waals surface area (Å²) in [5.74, 6) is -0.218. The van der Waals surface area contributed by atoms with E-state index in [0.29, 0.717) is 25.0 Å². The molecule has 0 bridgehead atoms. The highest BCUT2D eigenvalue weighted by molar-refractivity contribution is 5.89. The lowest BCUT2D eigenvalue weighted by molar-refractivity contribution is -0.139. The van der Waals surface area contributed by atoms with Crippen molar-refractivity contribution in [1.29, 1.82) is 0 Å². The number of carbonyl (C=O) groups excluding carboxylic acids is 1. The fourth-order valence-electron chi connectivity index (χ4n) is 1.42. The van der Waals surface area contributed by atoms with Crippen LogP contribution in [0.5, 0.6) is 0 Å². The summed E-state index contributed by atoms with van der Waals surface area (Å²) in [7, 11) is 0. The summed E-state index contributed by atoms with van der Waals surface area (Å²) in [4.78, 5) is 11.7. The molecule has 3 nitrogen and oxygen atoms in total. The molecule has 3 heteroatoms. The molecule has 0 atom stereocenters. The molecule has 0 rings (SSSR count). The highest BCUT2D eigenvalue weighted by Crippen LogP contribution is 2.13. The van der Waals surface area contributed by atoms with Crippen LogP contribution < -0.4 is 0 Å². The van der Waals surface area contributed by atoms with Crippen molar-refractivity contribution in [3.63, 3.8) is 0 Å². The van der Waals surface area contributed by atoms with Crippen molar-refractivity contribution in [2.45, 2.75) is 52.9 Å². The Hall–Kier alpha value is -0.830. The summed E-state index contributed by atoms with van der Waals surface area (Å²) >= 11 is 0. The van der Waals surface area contributed by atoms with Gasteiger partial charge in [-0.3, -0.25) is 0 Å². The van der Waals surface area contributed by atoms with Gasteiger partial charge in [-0.25, -0.2) is 4.79 Å². The molecule has 0 spiro atoms. The molecule has 0 aliphatic carbocycles. The fraction of sp³-hybridized carbons (Fsp3) is 0.769. The van der Waals surface area contributed by atoms with E-state index in [1.54, 1.807) is 0 Å². The van der Waals surface area contributed by atoms with Crippen LogP contribution >= 0.6 is 0 Å². The third kappa shape index (κ3) is 6.62. The quantitative estimate of drug-likeness (QED) is 0.395. The Morgan fingerprint density at radius 2 is 1.88 bits per heavy atom. The summed E-state index contributed by atoms with van der Waals surface area (Å²) < 4.78 is 5.19. The second-order valence-electron chi connectivity index (χ2n) is 4.15. The van der Waals surface area contributed by atoms with Crippen LogP contribution in [0.3, 0.4) is 0 Å². The summed E-state index contributed by atoms with van der Waals surface area (Å²) in [6, 6.07) is 0. The second kappa shape index (κ2) is 9.40. The molecule has 94 valence electrons. The molecule has 0 aromatic heterocycles. The van der Waals surface area contributed by atoms with Gasteiger partial charge in [-0.05, 0) is 33.1 Å². The summed E-state index contributed by atoms with van der Waals surface area (Å²) in [5, 5.41) is 8.75. The maximum absolute atomic E-state index is 11.7. The van der Waals surface area contributed by atoms with Crippen LogP contribution in [0.25, 0.3) is 0 Å². The average molecular weight is 228 g/mol. The Kier molecular flexibility index (Phi) is 8.91. The zero-order chi connectivity index (χ0) is 12.4. The lowest BCUT2D eigenvalue weighted by Crippen LogP contribution is -2.11. The lowest BCUT2D eigenvalue weighted by atomic mass is 10.1. The van der Waals surface area contributed by atoms with E-state index in [1.165, 1.54) is 0 Å². The number of allylic oxidation sites excluding steroid dienone is 1. The van der Waals surface area contributed by atoms with Crippen molar-refractivity contribution in [3.05, 3.63) is 11.1 Å². The van der Waals surface area contributed by atoms with Crippen LogP contribution in [0.15, 0.2) is 11.1 Å². The van der Waals surface area contributed by atoms with E-state index in [1.807, 2.05) is 13.8 Å². The molecule has 0 saturated carbocycles. The first kappa shape index (κ1) is 15.2. The van der Waals surface area contributed by atoms with Crippen molar-refractivity contribution in [1.82, 2.24) is 0 Å². The monoisotopic (exact) mass is 228 g/mol. The Balaban J connectivity index is 4.04. The van der Waals surface area contributed by atoms with Crippen LogP contribution in [-0.4, -0.2) is 24.3 Å². The van der Waals surface area contributed by atoms with E-state index < -0.39 is 0 Å². The number of aliphatic hydroxyl groups excluding tert-OH is 1. The SMILES string of the molecule is CCCCCOC(=O)C(CCCO)=C(C)C. The Labute approximate surface area is 98.5 Å². The molecule has 16 heavy (non-hydrogen) atoms. The molecule has 0 unspecified atom stereocenters. The van der Waals surface area contributed by atoms with Crippen LogP contribution in [0.4, 0.5) is 0 Å². The van der Waals surface area contributed by atoms with Crippen LogP contribution in [0.2, 0.25) is 0 Å². The summed E-state index contributed by atoms with van der Waals surface area (Å²) in [6.45, 7) is 6.53. The molecule has 0 aromatic rings. The second-order valence-corrected chi connectivity index (χ2v) is 4.15. The van der Waals surface area contributed by atoms with Gasteiger partial charge in [-0.15, -0.1) is 0 Å². The molecule has 0 aromatic carbocycles. The highest BCUT2D eigenvalue weighted by Gasteiger charge is 2.11. The van der Waals surface area contributed by atoms with Gasteiger partial charge in [0.15, 0.2) is 0 Å². The van der Waals surface area contributed by atoms with Gasteiger partial charge in [-0.1, -0.05) is 25.3 Å². The van der Waals surface area contributed by atoms with Crippen LogP contribution in [0, 0.1) is 0 Å². The normalized spacial score (nSPS) is 10.0. The molecule has 0 radical (unpaired) electrons. The number of ether oxygens (including phenoxy) is 1. The van der Waals surface area contributed by atoms with Gasteiger partial charge >= 0.3 is 5.97 Å². The largest absolute Gasteiger partial charge is 0.462 e. The zero-order valence-electron chi connectivity index (χ0n) is 10.7. The fourth-order valence-corrected chi connectivity index (χ4v) is 1.42. The number of rotatable bonds is 8. The molecule has 0 saturated heterocycles. The Bertz CT molecular complexity index is 227. The van der Waals surface area contributed by atoms with Gasteiger partial charge in [0.05, 0.1) is 6.61 Å². The van der Waals surface area contributed by atoms with E-state index >= 15 is 0 Å². The van der Waals surface area contributed by atoms with Gasteiger partial charge in [0.2, 0.25) is 0 Å². The standard InChI is InChI=1S/C13H24O3/c1-4-5-6-10-16-13(15)12(11(2)3)8-7-9-14/h14H,4-10H2,1-3H3. The minimum Gasteiger partial charge on any atom is -0.462 e. The van der Waals surface area contributed by atoms with E-state index in [4.69, 9.17) is 9.84 Å². The zero-order valence-corrected chi connectivity index (χ0v) is 10.7. The van der Waals surface area contributed by atoms with E-state index in [-0.39, 0.29) is 12.6 Å². The average Bonchev–Trinajstić information content (AvgIpc) is 2.24. The number of esters is 1. The first-order valence-corrected chi connectivity index (χ1v) is 6.07. The number of aliphatic hydroxyl groups is 1. The smallest absolute Gasteiger partial charge is 0.333 e. The summed E-state index contributed by atoms with van der Waals surface area (Å²) in [6.07, 6.45) is 4.36. The first-order valence-electron chi connectivity index (χ1n) is 6.07. The van der Waals surface area contributed by atoms with Crippen molar-refractivity contribution in [2.75, 3.05) is 13.2 Å². The molecular formula is C13H24O3. The molecule has 0 aliphatic heterocycles. The highest BCUT2D eigenvalue weighted by atomic mass is 16.5. The number of carbonyl (C=O) groups is 1. The molecule has 0 heterocycles. The van der Waals surface area contributed by atoms with Crippen LogP contribution in [-0.2, 0) is 9.53 Å². The third-order valence-corrected chi connectivity index (χ3v) is 2.42. The summed E-state index contributed by atoms with van der Waals surface area (Å²) in [5.41, 5.74) is 1.69. The Morgan fingerprint density at radius 1 is 1.19 bits per heavy atom. The maximum Gasteiger partial charge on any atom is 0.333 e. The molecule has 0 aliphatic rings. The first-order chi connectivity index (χ1) is 7.63. The predicted octanol–water partition coefficient (Wildman–Crippen LogP) is 2.83. The van der Waals surface area contributed by atoms with E-state index in [2.05, 4.69) is 6.92 Å². The van der Waals surface area contributed by atoms with Gasteiger partial charge in [0.1, 0.15) is 0 Å². The lowest BCUT2D eigenvalue weighted by Gasteiger charge is -2.09. The van der Waals surface area contributed by atoms with Gasteiger partial charge in [0.25, 0.3) is 0 Å². The number of unbranched alkanes of at least 4 members (excludes halogenated alkanes) is 2. The number of hydrogen-bond acceptors (Lipinski definition) is 3.